The van der Waals surface area contributed by atoms with Gasteiger partial charge in [0.05, 0.1) is 11.8 Å². The van der Waals surface area contributed by atoms with Gasteiger partial charge in [-0.15, -0.1) is 0 Å². The molecule has 0 atom stereocenters. The molecule has 2 aromatic rings. The number of halogens is 1. The van der Waals surface area contributed by atoms with Gasteiger partial charge in [-0.05, 0) is 35.0 Å². The summed E-state index contributed by atoms with van der Waals surface area (Å²) in [6.45, 7) is 0. The van der Waals surface area contributed by atoms with E-state index in [0.717, 1.165) is 5.56 Å². The molecule has 92 valence electrons. The SMILES string of the molecule is O=C(N/N=C/c1ccsc1)c1cc(Cl)ccc1O. The normalized spacial score (nSPS) is 10.7. The summed E-state index contributed by atoms with van der Waals surface area (Å²) in [7, 11) is 0. The number of nitrogens with one attached hydrogen (secondary N) is 1. The summed E-state index contributed by atoms with van der Waals surface area (Å²) in [6.07, 6.45) is 1.52. The zero-order valence-corrected chi connectivity index (χ0v) is 10.7. The standard InChI is InChI=1S/C12H9ClN2O2S/c13-9-1-2-11(16)10(5-9)12(17)15-14-6-8-3-4-18-7-8/h1-7,16H,(H,15,17)/b14-6+. The number of thiophene rings is 1. The highest BCUT2D eigenvalue weighted by atomic mass is 35.5. The van der Waals surface area contributed by atoms with Crippen molar-refractivity contribution >= 4 is 35.1 Å². The summed E-state index contributed by atoms with van der Waals surface area (Å²) in [4.78, 5) is 11.7. The molecular weight excluding hydrogens is 272 g/mol. The summed E-state index contributed by atoms with van der Waals surface area (Å²) in [5.41, 5.74) is 3.31. The Kier molecular flexibility index (Phi) is 3.96. The van der Waals surface area contributed by atoms with Crippen molar-refractivity contribution < 1.29 is 9.90 Å². The third kappa shape index (κ3) is 3.09. The van der Waals surface area contributed by atoms with Gasteiger partial charge < -0.3 is 5.11 Å². The molecule has 0 aliphatic carbocycles. The van der Waals surface area contributed by atoms with Crippen molar-refractivity contribution in [1.82, 2.24) is 5.43 Å². The second-order valence-corrected chi connectivity index (χ2v) is 4.63. The van der Waals surface area contributed by atoms with Crippen LogP contribution in [0.4, 0.5) is 0 Å². The Morgan fingerprint density at radius 3 is 3.00 bits per heavy atom. The van der Waals surface area contributed by atoms with Gasteiger partial charge in [0.25, 0.3) is 5.91 Å². The van der Waals surface area contributed by atoms with Crippen LogP contribution in [0.15, 0.2) is 40.1 Å². The molecule has 0 saturated carbocycles. The molecule has 0 unspecified atom stereocenters. The highest BCUT2D eigenvalue weighted by Crippen LogP contribution is 2.21. The molecular formula is C12H9ClN2O2S. The van der Waals surface area contributed by atoms with Crippen LogP contribution in [0.5, 0.6) is 5.75 Å². The lowest BCUT2D eigenvalue weighted by Gasteiger charge is -2.02. The first kappa shape index (κ1) is 12.6. The van der Waals surface area contributed by atoms with Crippen molar-refractivity contribution in [1.29, 1.82) is 0 Å². The molecule has 1 heterocycles. The van der Waals surface area contributed by atoms with Gasteiger partial charge >= 0.3 is 0 Å². The molecule has 2 N–H and O–H groups in total. The average molecular weight is 281 g/mol. The molecule has 1 amide bonds. The van der Waals surface area contributed by atoms with Gasteiger partial charge in [0.15, 0.2) is 0 Å². The van der Waals surface area contributed by atoms with Crippen LogP contribution in [-0.4, -0.2) is 17.2 Å². The number of carbonyl (C=O) groups excluding carboxylic acids is 1. The lowest BCUT2D eigenvalue weighted by atomic mass is 10.2. The Hall–Kier alpha value is -1.85. The van der Waals surface area contributed by atoms with Crippen molar-refractivity contribution in [2.75, 3.05) is 0 Å². The number of benzene rings is 1. The number of phenols is 1. The lowest BCUT2D eigenvalue weighted by molar-refractivity contribution is 0.0952. The van der Waals surface area contributed by atoms with Crippen molar-refractivity contribution in [3.63, 3.8) is 0 Å². The van der Waals surface area contributed by atoms with Gasteiger partial charge in [0, 0.05) is 10.6 Å². The van der Waals surface area contributed by atoms with Gasteiger partial charge in [-0.2, -0.15) is 16.4 Å². The van der Waals surface area contributed by atoms with E-state index < -0.39 is 5.91 Å². The van der Waals surface area contributed by atoms with E-state index in [1.54, 1.807) is 0 Å². The smallest absolute Gasteiger partial charge is 0.275 e. The highest BCUT2D eigenvalue weighted by molar-refractivity contribution is 7.08. The Labute approximate surface area is 113 Å². The predicted octanol–water partition coefficient (Wildman–Crippen LogP) is 2.87. The van der Waals surface area contributed by atoms with Crippen LogP contribution in [0.3, 0.4) is 0 Å². The zero-order valence-electron chi connectivity index (χ0n) is 9.13. The Morgan fingerprint density at radius 1 is 1.44 bits per heavy atom. The number of hydrogen-bond acceptors (Lipinski definition) is 4. The second kappa shape index (κ2) is 5.66. The van der Waals surface area contributed by atoms with Crippen LogP contribution < -0.4 is 5.43 Å². The van der Waals surface area contributed by atoms with Crippen LogP contribution in [0.2, 0.25) is 5.02 Å². The maximum absolute atomic E-state index is 11.7. The first-order valence-electron chi connectivity index (χ1n) is 5.01. The molecule has 6 heteroatoms. The van der Waals surface area contributed by atoms with Crippen LogP contribution in [0.1, 0.15) is 15.9 Å². The predicted molar refractivity (Wildman–Crippen MR) is 72.5 cm³/mol. The van der Waals surface area contributed by atoms with Crippen LogP contribution in [0.25, 0.3) is 0 Å². The number of rotatable bonds is 3. The van der Waals surface area contributed by atoms with Gasteiger partial charge in [-0.3, -0.25) is 4.79 Å². The van der Waals surface area contributed by atoms with Crippen molar-refractivity contribution in [3.8, 4) is 5.75 Å². The number of hydrazone groups is 1. The Balaban J connectivity index is 2.06. The molecule has 4 nitrogen and oxygen atoms in total. The van der Waals surface area contributed by atoms with E-state index in [4.69, 9.17) is 11.6 Å². The van der Waals surface area contributed by atoms with Gasteiger partial charge in [0.1, 0.15) is 5.75 Å². The largest absolute Gasteiger partial charge is 0.507 e. The van der Waals surface area contributed by atoms with Crippen LogP contribution in [0, 0.1) is 0 Å². The lowest BCUT2D eigenvalue weighted by Crippen LogP contribution is -2.17. The fourth-order valence-electron chi connectivity index (χ4n) is 1.26. The number of nitrogens with zero attached hydrogens (tertiary/aromatic N) is 1. The monoisotopic (exact) mass is 280 g/mol. The number of aromatic hydroxyl groups is 1. The van der Waals surface area contributed by atoms with E-state index in [1.165, 1.54) is 35.8 Å². The molecule has 0 saturated heterocycles. The van der Waals surface area contributed by atoms with Gasteiger partial charge in [-0.25, -0.2) is 5.43 Å². The minimum atomic E-state index is -0.513. The minimum absolute atomic E-state index is 0.0879. The van der Waals surface area contributed by atoms with E-state index in [1.807, 2.05) is 16.8 Å². The Morgan fingerprint density at radius 2 is 2.28 bits per heavy atom. The third-order valence-electron chi connectivity index (χ3n) is 2.13. The Bertz CT molecular complexity index is 582. The molecule has 0 spiro atoms. The number of carbonyl (C=O) groups is 1. The average Bonchev–Trinajstić information content (AvgIpc) is 2.85. The third-order valence-corrected chi connectivity index (χ3v) is 3.06. The van der Waals surface area contributed by atoms with E-state index in [0.29, 0.717) is 5.02 Å². The topological polar surface area (TPSA) is 61.7 Å². The number of phenolic OH excluding ortho intramolecular Hbond substituents is 1. The highest BCUT2D eigenvalue weighted by Gasteiger charge is 2.10. The molecule has 0 bridgehead atoms. The van der Waals surface area contributed by atoms with Crippen molar-refractivity contribution in [2.45, 2.75) is 0 Å². The summed E-state index contributed by atoms with van der Waals surface area (Å²) in [6, 6.07) is 6.12. The van der Waals surface area contributed by atoms with E-state index in [9.17, 15) is 9.90 Å². The van der Waals surface area contributed by atoms with Crippen LogP contribution >= 0.6 is 22.9 Å². The molecule has 1 aromatic heterocycles. The van der Waals surface area contributed by atoms with E-state index in [-0.39, 0.29) is 11.3 Å². The molecule has 0 radical (unpaired) electrons. The maximum Gasteiger partial charge on any atom is 0.275 e. The number of hydrogen-bond donors (Lipinski definition) is 2. The zero-order chi connectivity index (χ0) is 13.0. The fraction of sp³-hybridized carbons (Fsp3) is 0. The fourth-order valence-corrected chi connectivity index (χ4v) is 2.05. The second-order valence-electron chi connectivity index (χ2n) is 3.42. The van der Waals surface area contributed by atoms with Gasteiger partial charge in [-0.1, -0.05) is 11.6 Å². The first-order chi connectivity index (χ1) is 8.66. The summed E-state index contributed by atoms with van der Waals surface area (Å²) in [5.74, 6) is -0.649. The van der Waals surface area contributed by atoms with Crippen molar-refractivity contribution in [2.24, 2.45) is 5.10 Å². The molecule has 2 rings (SSSR count). The molecule has 0 fully saturated rings. The van der Waals surface area contributed by atoms with Gasteiger partial charge in [0.2, 0.25) is 0 Å². The van der Waals surface area contributed by atoms with E-state index in [2.05, 4.69) is 10.5 Å². The minimum Gasteiger partial charge on any atom is -0.507 e. The first-order valence-corrected chi connectivity index (χ1v) is 6.33. The summed E-state index contributed by atoms with van der Waals surface area (Å²) in [5, 5.41) is 17.5. The van der Waals surface area contributed by atoms with E-state index >= 15 is 0 Å². The number of amides is 1. The molecule has 0 aliphatic heterocycles. The van der Waals surface area contributed by atoms with Crippen LogP contribution in [-0.2, 0) is 0 Å². The molecule has 18 heavy (non-hydrogen) atoms. The van der Waals surface area contributed by atoms with Crippen molar-refractivity contribution in [3.05, 3.63) is 51.2 Å². The quantitative estimate of drug-likeness (QED) is 0.671. The summed E-state index contributed by atoms with van der Waals surface area (Å²) >= 11 is 7.29. The molecule has 0 aliphatic rings. The maximum atomic E-state index is 11.7. The summed E-state index contributed by atoms with van der Waals surface area (Å²) < 4.78 is 0. The molecule has 1 aromatic carbocycles.